The number of aliphatic imine (C=N–C) groups is 1. The van der Waals surface area contributed by atoms with Crippen molar-refractivity contribution in [1.29, 1.82) is 0 Å². The zero-order valence-corrected chi connectivity index (χ0v) is 18.3. The van der Waals surface area contributed by atoms with Crippen LogP contribution >= 0.6 is 0 Å². The minimum absolute atomic E-state index is 0.0590. The van der Waals surface area contributed by atoms with Crippen molar-refractivity contribution in [3.05, 3.63) is 71.4 Å². The van der Waals surface area contributed by atoms with Crippen LogP contribution in [0.25, 0.3) is 11.1 Å². The van der Waals surface area contributed by atoms with E-state index in [0.717, 1.165) is 0 Å². The van der Waals surface area contributed by atoms with Gasteiger partial charge in [0.25, 0.3) is 6.02 Å². The van der Waals surface area contributed by atoms with Gasteiger partial charge < -0.3 is 19.9 Å². The van der Waals surface area contributed by atoms with Crippen LogP contribution in [-0.4, -0.2) is 35.3 Å². The third kappa shape index (κ3) is 3.56. The van der Waals surface area contributed by atoms with Gasteiger partial charge in [0.1, 0.15) is 18.0 Å². The highest BCUT2D eigenvalue weighted by molar-refractivity contribution is 5.77. The highest BCUT2D eigenvalue weighted by atomic mass is 19.1. The lowest BCUT2D eigenvalue weighted by Crippen LogP contribution is -2.31. The Bertz CT molecular complexity index is 1360. The van der Waals surface area contributed by atoms with Crippen molar-refractivity contribution in [2.75, 3.05) is 13.7 Å². The van der Waals surface area contributed by atoms with E-state index in [2.05, 4.69) is 26.8 Å². The summed E-state index contributed by atoms with van der Waals surface area (Å²) >= 11 is 0. The number of benzene rings is 1. The Morgan fingerprint density at radius 1 is 1.18 bits per heavy atom. The first-order valence-corrected chi connectivity index (χ1v) is 10.3. The lowest BCUT2D eigenvalue weighted by molar-refractivity contribution is 0.0741. The first-order chi connectivity index (χ1) is 15.8. The molecule has 0 fully saturated rings. The molecule has 0 unspecified atom stereocenters. The van der Waals surface area contributed by atoms with Crippen molar-refractivity contribution in [3.8, 4) is 34.6 Å². The van der Waals surface area contributed by atoms with Gasteiger partial charge in [-0.15, -0.1) is 0 Å². The van der Waals surface area contributed by atoms with E-state index in [1.165, 1.54) is 6.20 Å². The molecule has 0 saturated carbocycles. The molecule has 0 amide bonds. The van der Waals surface area contributed by atoms with Gasteiger partial charge in [0.15, 0.2) is 5.54 Å². The van der Waals surface area contributed by atoms with Gasteiger partial charge in [-0.2, -0.15) is 4.39 Å². The zero-order valence-electron chi connectivity index (χ0n) is 18.3. The molecule has 0 aliphatic carbocycles. The lowest BCUT2D eigenvalue weighted by atomic mass is 9.81. The number of methoxy groups -OCH3 is 1. The number of ether oxygens (including phenoxy) is 3. The number of rotatable bonds is 2. The molecule has 3 aromatic rings. The number of fused-ring (bicyclic) bond motifs is 4. The first-order valence-electron chi connectivity index (χ1n) is 10.3. The smallest absolute Gasteiger partial charge is 0.283 e. The fourth-order valence-corrected chi connectivity index (χ4v) is 3.84. The fourth-order valence-electron chi connectivity index (χ4n) is 3.84. The van der Waals surface area contributed by atoms with Crippen LogP contribution in [0.5, 0.6) is 11.6 Å². The van der Waals surface area contributed by atoms with Crippen LogP contribution in [0.1, 0.15) is 30.5 Å². The summed E-state index contributed by atoms with van der Waals surface area (Å²) in [6, 6.07) is 10.6. The van der Waals surface area contributed by atoms with E-state index in [-0.39, 0.29) is 12.6 Å². The molecule has 2 aliphatic heterocycles. The number of nitrogens with two attached hydrogens (primary N) is 1. The number of aromatic nitrogens is 2. The first kappa shape index (κ1) is 20.9. The number of hydrogen-bond acceptors (Lipinski definition) is 7. The molecule has 8 heteroatoms. The average Bonchev–Trinajstić information content (AvgIpc) is 3.20. The molecule has 2 N–H and O–H groups in total. The Hall–Kier alpha value is -3.96. The van der Waals surface area contributed by atoms with Gasteiger partial charge >= 0.3 is 0 Å². The normalized spacial score (nSPS) is 18.4. The average molecular weight is 444 g/mol. The predicted octanol–water partition coefficient (Wildman–Crippen LogP) is 3.75. The largest absolute Gasteiger partial charge is 0.462 e. The SMILES string of the molecule is COC(C)(C)C#Cc1cnc2c(c1)[C@@]1(COC(N)=N1)c1cc(-c3cccnc3F)ccc1O2. The van der Waals surface area contributed by atoms with Crippen molar-refractivity contribution >= 4 is 6.02 Å². The number of nitrogens with zero attached hydrogens (tertiary/aromatic N) is 3. The molecule has 33 heavy (non-hydrogen) atoms. The second kappa shape index (κ2) is 7.57. The van der Waals surface area contributed by atoms with Crippen molar-refractivity contribution in [2.24, 2.45) is 10.7 Å². The Morgan fingerprint density at radius 2 is 2.03 bits per heavy atom. The molecule has 2 aromatic heterocycles. The van der Waals surface area contributed by atoms with Crippen LogP contribution in [0.3, 0.4) is 0 Å². The topological polar surface area (TPSA) is 91.9 Å². The van der Waals surface area contributed by atoms with Crippen LogP contribution in [0.2, 0.25) is 0 Å². The minimum atomic E-state index is -0.997. The van der Waals surface area contributed by atoms with Gasteiger partial charge in [-0.25, -0.2) is 15.0 Å². The number of halogens is 1. The summed E-state index contributed by atoms with van der Waals surface area (Å²) in [5.41, 5.74) is 7.38. The van der Waals surface area contributed by atoms with Crippen molar-refractivity contribution in [2.45, 2.75) is 25.0 Å². The monoisotopic (exact) mass is 444 g/mol. The van der Waals surface area contributed by atoms with Crippen LogP contribution in [0.4, 0.5) is 4.39 Å². The maximum absolute atomic E-state index is 14.4. The van der Waals surface area contributed by atoms with E-state index < -0.39 is 17.1 Å². The zero-order chi connectivity index (χ0) is 23.2. The van der Waals surface area contributed by atoms with Gasteiger partial charge in [-0.3, -0.25) is 0 Å². The molecular weight excluding hydrogens is 423 g/mol. The fraction of sp³-hybridized carbons (Fsp3) is 0.240. The summed E-state index contributed by atoms with van der Waals surface area (Å²) in [5.74, 6) is 6.56. The Labute approximate surface area is 190 Å². The maximum atomic E-state index is 14.4. The molecule has 5 rings (SSSR count). The summed E-state index contributed by atoms with van der Waals surface area (Å²) in [7, 11) is 1.61. The highest BCUT2D eigenvalue weighted by Gasteiger charge is 2.47. The molecule has 1 spiro atoms. The molecule has 0 bridgehead atoms. The highest BCUT2D eigenvalue weighted by Crippen LogP contribution is 2.51. The van der Waals surface area contributed by atoms with Crippen LogP contribution in [0, 0.1) is 17.8 Å². The third-order valence-corrected chi connectivity index (χ3v) is 5.75. The molecule has 1 aromatic carbocycles. The quantitative estimate of drug-likeness (QED) is 0.478. The summed E-state index contributed by atoms with van der Waals surface area (Å²) in [4.78, 5) is 12.9. The summed E-state index contributed by atoms with van der Waals surface area (Å²) in [6.45, 7) is 3.91. The van der Waals surface area contributed by atoms with E-state index in [4.69, 9.17) is 19.9 Å². The molecule has 166 valence electrons. The molecule has 1 atom stereocenters. The molecule has 7 nitrogen and oxygen atoms in total. The Kier molecular flexibility index (Phi) is 4.80. The van der Waals surface area contributed by atoms with E-state index >= 15 is 0 Å². The number of amidine groups is 1. The standard InChI is InChI=1S/C25H21FN4O3/c1-24(2,31-3)9-8-15-11-19-22(29-13-15)33-20-7-6-16(17-5-4-10-28-21(17)26)12-18(20)25(19)14-32-23(27)30-25/h4-7,10-13H,14H2,1-3H3,(H2,27,30)/t25-/m1/s1. The van der Waals surface area contributed by atoms with Gasteiger partial charge in [-0.05, 0) is 49.7 Å². The van der Waals surface area contributed by atoms with Gasteiger partial charge in [0.2, 0.25) is 11.8 Å². The molecule has 2 aliphatic rings. The molecule has 4 heterocycles. The minimum Gasteiger partial charge on any atom is -0.462 e. The summed E-state index contributed by atoms with van der Waals surface area (Å²) in [5, 5.41) is 0. The van der Waals surface area contributed by atoms with Crippen LogP contribution in [-0.2, 0) is 15.0 Å². The van der Waals surface area contributed by atoms with Crippen LogP contribution in [0.15, 0.2) is 53.8 Å². The van der Waals surface area contributed by atoms with Crippen molar-refractivity contribution < 1.29 is 18.6 Å². The van der Waals surface area contributed by atoms with Crippen molar-refractivity contribution in [3.63, 3.8) is 0 Å². The summed E-state index contributed by atoms with van der Waals surface area (Å²) in [6.07, 6.45) is 3.05. The summed E-state index contributed by atoms with van der Waals surface area (Å²) < 4.78 is 31.5. The Morgan fingerprint density at radius 3 is 2.76 bits per heavy atom. The second-order valence-electron chi connectivity index (χ2n) is 8.29. The predicted molar refractivity (Wildman–Crippen MR) is 120 cm³/mol. The maximum Gasteiger partial charge on any atom is 0.283 e. The van der Waals surface area contributed by atoms with Gasteiger partial charge in [0, 0.05) is 36.2 Å². The van der Waals surface area contributed by atoms with E-state index in [9.17, 15) is 4.39 Å². The number of hydrogen-bond donors (Lipinski definition) is 1. The second-order valence-corrected chi connectivity index (χ2v) is 8.29. The van der Waals surface area contributed by atoms with Gasteiger partial charge in [0.05, 0.1) is 5.56 Å². The van der Waals surface area contributed by atoms with E-state index in [0.29, 0.717) is 39.4 Å². The van der Waals surface area contributed by atoms with E-state index in [1.54, 1.807) is 37.6 Å². The van der Waals surface area contributed by atoms with Crippen molar-refractivity contribution in [1.82, 2.24) is 9.97 Å². The van der Waals surface area contributed by atoms with Gasteiger partial charge in [-0.1, -0.05) is 17.9 Å². The Balaban J connectivity index is 1.67. The van der Waals surface area contributed by atoms with E-state index in [1.807, 2.05) is 26.0 Å². The number of pyridine rings is 2. The van der Waals surface area contributed by atoms with Crippen LogP contribution < -0.4 is 10.5 Å². The molecule has 0 radical (unpaired) electrons. The molecular formula is C25H21FN4O3. The lowest BCUT2D eigenvalue weighted by Gasteiger charge is -2.33. The third-order valence-electron chi connectivity index (χ3n) is 5.75. The molecule has 0 saturated heterocycles.